The SMILES string of the molecule is Cc1ccc(NC(=O)CCN2C(=S)N[C@@H](c3ccccn3)[C@@H]2c2cc(C)n(-c3ccccc3Br)c2C)cc1. The number of anilines is 1. The van der Waals surface area contributed by atoms with E-state index in [1.165, 1.54) is 0 Å². The van der Waals surface area contributed by atoms with Crippen LogP contribution in [0.3, 0.4) is 0 Å². The average molecular weight is 589 g/mol. The molecule has 1 aliphatic heterocycles. The topological polar surface area (TPSA) is 62.2 Å². The minimum Gasteiger partial charge on any atom is -0.352 e. The third kappa shape index (κ3) is 5.24. The van der Waals surface area contributed by atoms with Gasteiger partial charge < -0.3 is 20.1 Å². The smallest absolute Gasteiger partial charge is 0.226 e. The lowest BCUT2D eigenvalue weighted by Gasteiger charge is -2.28. The molecule has 0 unspecified atom stereocenters. The Kier molecular flexibility index (Phi) is 7.63. The van der Waals surface area contributed by atoms with Crippen molar-refractivity contribution in [2.75, 3.05) is 11.9 Å². The maximum Gasteiger partial charge on any atom is 0.226 e. The Hall–Kier alpha value is -3.49. The Morgan fingerprint density at radius 2 is 1.79 bits per heavy atom. The minimum atomic E-state index is -0.142. The van der Waals surface area contributed by atoms with E-state index in [2.05, 4.69) is 73.1 Å². The molecule has 2 N–H and O–H groups in total. The maximum absolute atomic E-state index is 12.9. The number of amides is 1. The summed E-state index contributed by atoms with van der Waals surface area (Å²) in [5, 5.41) is 7.13. The number of aromatic nitrogens is 2. The molecule has 2 aromatic carbocycles. The Morgan fingerprint density at radius 1 is 1.05 bits per heavy atom. The van der Waals surface area contributed by atoms with Crippen LogP contribution in [-0.2, 0) is 4.79 Å². The molecule has 0 spiro atoms. The zero-order valence-electron chi connectivity index (χ0n) is 21.6. The van der Waals surface area contributed by atoms with Crippen LogP contribution in [0.1, 0.15) is 46.7 Å². The Bertz CT molecular complexity index is 1470. The first-order valence-corrected chi connectivity index (χ1v) is 13.8. The molecule has 1 amide bonds. The van der Waals surface area contributed by atoms with Gasteiger partial charge in [-0.05, 0) is 96.9 Å². The fourth-order valence-electron chi connectivity index (χ4n) is 5.16. The van der Waals surface area contributed by atoms with E-state index in [0.717, 1.165) is 44.1 Å². The third-order valence-corrected chi connectivity index (χ3v) is 8.02. The van der Waals surface area contributed by atoms with Crippen molar-refractivity contribution in [3.05, 3.63) is 112 Å². The first-order chi connectivity index (χ1) is 18.3. The monoisotopic (exact) mass is 587 g/mol. The van der Waals surface area contributed by atoms with E-state index in [1.54, 1.807) is 6.20 Å². The van der Waals surface area contributed by atoms with Crippen LogP contribution in [0, 0.1) is 20.8 Å². The van der Waals surface area contributed by atoms with Gasteiger partial charge in [-0.1, -0.05) is 35.9 Å². The van der Waals surface area contributed by atoms with E-state index in [4.69, 9.17) is 12.2 Å². The van der Waals surface area contributed by atoms with Gasteiger partial charge in [0.2, 0.25) is 5.91 Å². The molecular formula is C30H30BrN5OS. The van der Waals surface area contributed by atoms with Gasteiger partial charge in [0.25, 0.3) is 0 Å². The molecule has 8 heteroatoms. The molecule has 0 bridgehead atoms. The molecule has 0 aliphatic carbocycles. The number of rotatable bonds is 7. The van der Waals surface area contributed by atoms with Crippen molar-refractivity contribution in [2.24, 2.45) is 0 Å². The number of carbonyl (C=O) groups excluding carboxylic acids is 1. The number of pyridine rings is 1. The number of carbonyl (C=O) groups is 1. The van der Waals surface area contributed by atoms with Crippen molar-refractivity contribution >= 4 is 44.9 Å². The number of halogens is 1. The van der Waals surface area contributed by atoms with Crippen LogP contribution in [-0.4, -0.2) is 32.0 Å². The molecule has 194 valence electrons. The molecule has 1 fully saturated rings. The molecule has 3 heterocycles. The lowest BCUT2D eigenvalue weighted by atomic mass is 9.96. The molecule has 2 aromatic heterocycles. The van der Waals surface area contributed by atoms with Gasteiger partial charge in [0.15, 0.2) is 5.11 Å². The van der Waals surface area contributed by atoms with Gasteiger partial charge >= 0.3 is 0 Å². The number of thiocarbonyl (C=S) groups is 1. The molecule has 1 saturated heterocycles. The molecule has 1 aliphatic rings. The first-order valence-electron chi connectivity index (χ1n) is 12.6. The van der Waals surface area contributed by atoms with Gasteiger partial charge in [-0.15, -0.1) is 0 Å². The van der Waals surface area contributed by atoms with Crippen molar-refractivity contribution in [1.82, 2.24) is 19.8 Å². The summed E-state index contributed by atoms with van der Waals surface area (Å²) in [4.78, 5) is 19.7. The first kappa shape index (κ1) is 26.1. The van der Waals surface area contributed by atoms with Crippen LogP contribution in [0.5, 0.6) is 0 Å². The largest absolute Gasteiger partial charge is 0.352 e. The van der Waals surface area contributed by atoms with E-state index < -0.39 is 0 Å². The quantitative estimate of drug-likeness (QED) is 0.240. The predicted molar refractivity (Wildman–Crippen MR) is 160 cm³/mol. The number of hydrogen-bond donors (Lipinski definition) is 2. The van der Waals surface area contributed by atoms with E-state index in [0.29, 0.717) is 18.1 Å². The van der Waals surface area contributed by atoms with Crippen LogP contribution < -0.4 is 10.6 Å². The Balaban J connectivity index is 1.47. The second kappa shape index (κ2) is 11.1. The number of hydrogen-bond acceptors (Lipinski definition) is 3. The highest BCUT2D eigenvalue weighted by molar-refractivity contribution is 9.10. The van der Waals surface area contributed by atoms with Crippen molar-refractivity contribution in [3.8, 4) is 5.69 Å². The summed E-state index contributed by atoms with van der Waals surface area (Å²) in [6.07, 6.45) is 2.11. The van der Waals surface area contributed by atoms with Crippen molar-refractivity contribution in [1.29, 1.82) is 0 Å². The molecule has 2 atom stereocenters. The van der Waals surface area contributed by atoms with Crippen LogP contribution in [0.4, 0.5) is 5.69 Å². The highest BCUT2D eigenvalue weighted by atomic mass is 79.9. The second-order valence-corrected chi connectivity index (χ2v) is 10.8. The van der Waals surface area contributed by atoms with Crippen LogP contribution in [0.15, 0.2) is 83.5 Å². The van der Waals surface area contributed by atoms with E-state index in [1.807, 2.05) is 61.5 Å². The third-order valence-electron chi connectivity index (χ3n) is 7.00. The molecule has 4 aromatic rings. The highest BCUT2D eigenvalue weighted by Crippen LogP contribution is 2.42. The summed E-state index contributed by atoms with van der Waals surface area (Å²) in [6, 6.07) is 23.9. The lowest BCUT2D eigenvalue weighted by molar-refractivity contribution is -0.116. The molecular weight excluding hydrogens is 558 g/mol. The van der Waals surface area contributed by atoms with Gasteiger partial charge in [-0.2, -0.15) is 0 Å². The summed E-state index contributed by atoms with van der Waals surface area (Å²) in [5.74, 6) is -0.0459. The highest BCUT2D eigenvalue weighted by Gasteiger charge is 2.41. The number of benzene rings is 2. The summed E-state index contributed by atoms with van der Waals surface area (Å²) in [5.41, 5.74) is 7.35. The summed E-state index contributed by atoms with van der Waals surface area (Å²) >= 11 is 9.55. The molecule has 5 rings (SSSR count). The molecule has 0 saturated carbocycles. The number of nitrogens with one attached hydrogen (secondary N) is 2. The second-order valence-electron chi connectivity index (χ2n) is 9.60. The fraction of sp³-hybridized carbons (Fsp3) is 0.233. The van der Waals surface area contributed by atoms with Gasteiger partial charge in [0.1, 0.15) is 0 Å². The Morgan fingerprint density at radius 3 is 2.50 bits per heavy atom. The van der Waals surface area contributed by atoms with Crippen LogP contribution in [0.25, 0.3) is 5.69 Å². The van der Waals surface area contributed by atoms with Crippen LogP contribution >= 0.6 is 28.1 Å². The van der Waals surface area contributed by atoms with Gasteiger partial charge in [-0.25, -0.2) is 0 Å². The van der Waals surface area contributed by atoms with E-state index >= 15 is 0 Å². The number of nitrogens with zero attached hydrogens (tertiary/aromatic N) is 3. The predicted octanol–water partition coefficient (Wildman–Crippen LogP) is 6.56. The average Bonchev–Trinajstić information content (AvgIpc) is 3.39. The fourth-order valence-corrected chi connectivity index (χ4v) is 5.95. The minimum absolute atomic E-state index is 0.0459. The number of aryl methyl sites for hydroxylation is 2. The summed E-state index contributed by atoms with van der Waals surface area (Å²) in [7, 11) is 0. The van der Waals surface area contributed by atoms with Gasteiger partial charge in [0.05, 0.1) is 23.5 Å². The van der Waals surface area contributed by atoms with E-state index in [-0.39, 0.29) is 18.0 Å². The van der Waals surface area contributed by atoms with E-state index in [9.17, 15) is 4.79 Å². The van der Waals surface area contributed by atoms with Gasteiger partial charge in [-0.3, -0.25) is 9.78 Å². The lowest BCUT2D eigenvalue weighted by Crippen LogP contribution is -2.32. The molecule has 0 radical (unpaired) electrons. The van der Waals surface area contributed by atoms with Crippen LogP contribution in [0.2, 0.25) is 0 Å². The van der Waals surface area contributed by atoms with Crippen molar-refractivity contribution < 1.29 is 4.79 Å². The summed E-state index contributed by atoms with van der Waals surface area (Å²) < 4.78 is 3.29. The standard InChI is InChI=1S/C30H30BrN5OS/c1-19-11-13-22(14-12-19)33-27(37)15-17-35-29(28(34-30(35)38)25-9-6-7-16-32-25)23-18-20(2)36(21(23)3)26-10-5-4-8-24(26)31/h4-14,16,18,28-29H,15,17H2,1-3H3,(H,33,37)(H,34,38)/t28-,29-/m0/s1. The Labute approximate surface area is 237 Å². The number of para-hydroxylation sites is 1. The zero-order chi connectivity index (χ0) is 26.8. The van der Waals surface area contributed by atoms with Crippen molar-refractivity contribution in [2.45, 2.75) is 39.3 Å². The van der Waals surface area contributed by atoms with Crippen molar-refractivity contribution in [3.63, 3.8) is 0 Å². The zero-order valence-corrected chi connectivity index (χ0v) is 24.0. The van der Waals surface area contributed by atoms with Gasteiger partial charge in [0, 0.05) is 40.7 Å². The molecule has 38 heavy (non-hydrogen) atoms. The summed E-state index contributed by atoms with van der Waals surface area (Å²) in [6.45, 7) is 6.77. The molecule has 6 nitrogen and oxygen atoms in total. The normalized spacial score (nSPS) is 16.9. The maximum atomic E-state index is 12.9.